The van der Waals surface area contributed by atoms with Gasteiger partial charge in [-0.3, -0.25) is 19.0 Å². The third-order valence-corrected chi connectivity index (χ3v) is 5.60. The molecule has 1 unspecified atom stereocenters. The van der Waals surface area contributed by atoms with Gasteiger partial charge in [-0.15, -0.1) is 0 Å². The van der Waals surface area contributed by atoms with E-state index in [4.69, 9.17) is 23.2 Å². The average Bonchev–Trinajstić information content (AvgIpc) is 2.68. The van der Waals surface area contributed by atoms with E-state index in [0.717, 1.165) is 5.56 Å². The highest BCUT2D eigenvalue weighted by Gasteiger charge is 2.31. The number of nitrogens with zero attached hydrogens (tertiary/aromatic N) is 2. The van der Waals surface area contributed by atoms with Gasteiger partial charge in [-0.05, 0) is 11.6 Å². The molecule has 0 spiro atoms. The van der Waals surface area contributed by atoms with Crippen LogP contribution in [0.5, 0.6) is 0 Å². The molecule has 2 heterocycles. The Hall–Kier alpha value is -2.77. The second-order valence-electron chi connectivity index (χ2n) is 6.57. The topological polar surface area (TPSA) is 87.2 Å². The summed E-state index contributed by atoms with van der Waals surface area (Å²) < 4.78 is 1.33. The van der Waals surface area contributed by atoms with E-state index in [9.17, 15) is 14.4 Å². The van der Waals surface area contributed by atoms with Crippen molar-refractivity contribution in [2.75, 3.05) is 11.9 Å². The van der Waals surface area contributed by atoms with Gasteiger partial charge in [0.2, 0.25) is 5.91 Å². The van der Waals surface area contributed by atoms with Gasteiger partial charge in [0.05, 0.1) is 33.3 Å². The fraction of sp³-hybridized carbons (Fsp3) is 0.211. The normalized spacial score (nSPS) is 15.3. The highest BCUT2D eigenvalue weighted by molar-refractivity contribution is 6.45. The summed E-state index contributed by atoms with van der Waals surface area (Å²) in [7, 11) is 0. The van der Waals surface area contributed by atoms with Crippen molar-refractivity contribution >= 4 is 45.8 Å². The van der Waals surface area contributed by atoms with Crippen LogP contribution in [0.25, 0.3) is 11.0 Å². The van der Waals surface area contributed by atoms with E-state index in [-0.39, 0.29) is 22.5 Å². The number of amides is 1. The Balaban J connectivity index is 1.94. The average molecular weight is 419 g/mol. The first-order valence-corrected chi connectivity index (χ1v) is 9.35. The van der Waals surface area contributed by atoms with Gasteiger partial charge < -0.3 is 15.2 Å². The molecule has 0 saturated carbocycles. The van der Waals surface area contributed by atoms with Crippen molar-refractivity contribution in [3.8, 4) is 0 Å². The highest BCUT2D eigenvalue weighted by atomic mass is 35.5. The maximum Gasteiger partial charge on any atom is 0.318 e. The zero-order chi connectivity index (χ0) is 20.0. The molecule has 9 heteroatoms. The van der Waals surface area contributed by atoms with Crippen LogP contribution in [0.2, 0.25) is 10.0 Å². The third kappa shape index (κ3) is 2.96. The molecule has 2 N–H and O–H groups in total. The summed E-state index contributed by atoms with van der Waals surface area (Å²) in [6.45, 7) is 1.93. The summed E-state index contributed by atoms with van der Waals surface area (Å²) in [5.74, 6) is -0.223. The molecule has 0 aliphatic carbocycles. The molecule has 1 amide bonds. The van der Waals surface area contributed by atoms with Gasteiger partial charge in [0.15, 0.2) is 0 Å². The van der Waals surface area contributed by atoms with Crippen molar-refractivity contribution in [2.24, 2.45) is 0 Å². The number of benzene rings is 2. The number of H-pyrrole nitrogens is 1. The van der Waals surface area contributed by atoms with Crippen LogP contribution in [0.1, 0.15) is 18.7 Å². The number of nitrogens with one attached hydrogen (secondary N) is 2. The van der Waals surface area contributed by atoms with E-state index in [1.54, 1.807) is 4.90 Å². The van der Waals surface area contributed by atoms with Crippen molar-refractivity contribution in [1.82, 2.24) is 14.5 Å². The van der Waals surface area contributed by atoms with E-state index >= 15 is 0 Å². The number of hydrogen-bond donors (Lipinski definition) is 2. The predicted octanol–water partition coefficient (Wildman–Crippen LogP) is 2.97. The molecule has 2 aromatic carbocycles. The molecule has 3 aromatic rings. The van der Waals surface area contributed by atoms with Crippen molar-refractivity contribution < 1.29 is 4.79 Å². The van der Waals surface area contributed by atoms with Crippen molar-refractivity contribution in [3.63, 3.8) is 0 Å². The predicted molar refractivity (Wildman–Crippen MR) is 109 cm³/mol. The molecular weight excluding hydrogens is 403 g/mol. The number of carbonyl (C=O) groups is 1. The van der Waals surface area contributed by atoms with Crippen LogP contribution in [0.15, 0.2) is 46.0 Å². The maximum absolute atomic E-state index is 12.8. The molecule has 144 valence electrons. The lowest BCUT2D eigenvalue weighted by molar-refractivity contribution is -0.133. The monoisotopic (exact) mass is 418 g/mol. The molecule has 1 atom stereocenters. The Morgan fingerprint density at radius 3 is 2.64 bits per heavy atom. The fourth-order valence-corrected chi connectivity index (χ4v) is 3.95. The van der Waals surface area contributed by atoms with Crippen molar-refractivity contribution in [2.45, 2.75) is 19.6 Å². The first-order valence-electron chi connectivity index (χ1n) is 8.60. The molecule has 1 aliphatic heterocycles. The van der Waals surface area contributed by atoms with Gasteiger partial charge in [0.1, 0.15) is 6.17 Å². The minimum atomic E-state index is -0.785. The van der Waals surface area contributed by atoms with Crippen molar-refractivity contribution in [1.29, 1.82) is 0 Å². The fourth-order valence-electron chi connectivity index (χ4n) is 3.54. The Kier molecular flexibility index (Phi) is 4.64. The number of aromatic amines is 1. The lowest BCUT2D eigenvalue weighted by Gasteiger charge is -2.37. The van der Waals surface area contributed by atoms with Gasteiger partial charge in [-0.25, -0.2) is 0 Å². The van der Waals surface area contributed by atoms with Crippen LogP contribution >= 0.6 is 23.2 Å². The summed E-state index contributed by atoms with van der Waals surface area (Å²) in [5, 5.41) is 3.67. The largest absolute Gasteiger partial charge is 0.378 e. The SMILES string of the molecule is CC(=O)N(Cc1ccccc1)C1CNc2c(Cl)c(Cl)cc3[nH]c(=O)c(=O)n1c23. The quantitative estimate of drug-likeness (QED) is 0.640. The lowest BCUT2D eigenvalue weighted by Crippen LogP contribution is -2.49. The van der Waals surface area contributed by atoms with Crippen molar-refractivity contribution in [3.05, 3.63) is 72.7 Å². The summed E-state index contributed by atoms with van der Waals surface area (Å²) in [5.41, 5.74) is 0.609. The van der Waals surface area contributed by atoms with E-state index in [2.05, 4.69) is 10.3 Å². The van der Waals surface area contributed by atoms with Gasteiger partial charge in [-0.1, -0.05) is 53.5 Å². The Bertz CT molecular complexity index is 1200. The van der Waals surface area contributed by atoms with E-state index in [1.165, 1.54) is 17.6 Å². The number of carbonyl (C=O) groups excluding carboxylic acids is 1. The zero-order valence-electron chi connectivity index (χ0n) is 14.8. The second-order valence-corrected chi connectivity index (χ2v) is 7.35. The standard InChI is InChI=1S/C19H16Cl2N4O3/c1-10(26)24(9-11-5-3-2-4-6-11)14-8-22-16-15(21)12(20)7-13-17(16)25(14)19(28)18(27)23-13/h2-7,14,22H,8-9H2,1H3,(H,23,27). The molecule has 7 nitrogen and oxygen atoms in total. The molecule has 0 saturated heterocycles. The van der Waals surface area contributed by atoms with Crippen LogP contribution in [-0.2, 0) is 11.3 Å². The minimum absolute atomic E-state index is 0.206. The van der Waals surface area contributed by atoms with Gasteiger partial charge >= 0.3 is 11.1 Å². The molecular formula is C19H16Cl2N4O3. The smallest absolute Gasteiger partial charge is 0.318 e. The van der Waals surface area contributed by atoms with Crippen LogP contribution in [0.4, 0.5) is 5.69 Å². The number of anilines is 1. The van der Waals surface area contributed by atoms with Crippen LogP contribution in [0.3, 0.4) is 0 Å². The summed E-state index contributed by atoms with van der Waals surface area (Å²) in [6.07, 6.45) is -0.695. The second kappa shape index (κ2) is 7.00. The molecule has 1 aromatic heterocycles. The molecule has 0 bridgehead atoms. The molecule has 0 fully saturated rings. The maximum atomic E-state index is 12.8. The van der Waals surface area contributed by atoms with Crippen LogP contribution in [0, 0.1) is 0 Å². The Labute approximate surface area is 169 Å². The first kappa shape index (κ1) is 18.6. The molecule has 28 heavy (non-hydrogen) atoms. The summed E-state index contributed by atoms with van der Waals surface area (Å²) in [6, 6.07) is 10.9. The van der Waals surface area contributed by atoms with Gasteiger partial charge in [0.25, 0.3) is 0 Å². The van der Waals surface area contributed by atoms with Gasteiger partial charge in [0, 0.05) is 13.5 Å². The number of aromatic nitrogens is 2. The molecule has 1 aliphatic rings. The van der Waals surface area contributed by atoms with E-state index in [1.807, 2.05) is 30.3 Å². The number of halogens is 2. The van der Waals surface area contributed by atoms with Gasteiger partial charge in [-0.2, -0.15) is 0 Å². The first-order chi connectivity index (χ1) is 13.4. The zero-order valence-corrected chi connectivity index (χ0v) is 16.3. The van der Waals surface area contributed by atoms with E-state index < -0.39 is 17.3 Å². The lowest BCUT2D eigenvalue weighted by atomic mass is 10.1. The minimum Gasteiger partial charge on any atom is -0.378 e. The molecule has 0 radical (unpaired) electrons. The van der Waals surface area contributed by atoms with E-state index in [0.29, 0.717) is 23.3 Å². The number of rotatable bonds is 3. The summed E-state index contributed by atoms with van der Waals surface area (Å²) in [4.78, 5) is 41.5. The molecule has 4 rings (SSSR count). The Morgan fingerprint density at radius 2 is 1.96 bits per heavy atom. The third-order valence-electron chi connectivity index (χ3n) is 4.81. The highest BCUT2D eigenvalue weighted by Crippen LogP contribution is 2.39. The number of hydrogen-bond acceptors (Lipinski definition) is 4. The summed E-state index contributed by atoms with van der Waals surface area (Å²) >= 11 is 12.5. The van der Waals surface area contributed by atoms with Crippen LogP contribution < -0.4 is 16.4 Å². The Morgan fingerprint density at radius 1 is 1.25 bits per heavy atom. The van der Waals surface area contributed by atoms with Crippen LogP contribution in [-0.4, -0.2) is 26.9 Å².